The fraction of sp³-hybridized carbons (Fsp3) is 1.00. The summed E-state index contributed by atoms with van der Waals surface area (Å²) in [4.78, 5) is 12.9. The van der Waals surface area contributed by atoms with E-state index in [1.165, 1.54) is 0 Å². The van der Waals surface area contributed by atoms with E-state index in [0.29, 0.717) is 19.1 Å². The van der Waals surface area contributed by atoms with Crippen molar-refractivity contribution in [2.75, 3.05) is 13.2 Å². The number of hydrogen-bond acceptors (Lipinski definition) is 5. The average molecular weight is 307 g/mol. The summed E-state index contributed by atoms with van der Waals surface area (Å²) in [6, 6.07) is 0. The predicted molar refractivity (Wildman–Crippen MR) is 79.8 cm³/mol. The zero-order chi connectivity index (χ0) is 14.5. The molecule has 19 heavy (non-hydrogen) atoms. The van der Waals surface area contributed by atoms with Crippen LogP contribution < -0.4 is 10.2 Å². The van der Waals surface area contributed by atoms with Crippen LogP contribution in [-0.2, 0) is 9.05 Å². The van der Waals surface area contributed by atoms with Crippen molar-refractivity contribution in [3.8, 4) is 0 Å². The number of hydrogen-bond donors (Lipinski definition) is 1. The van der Waals surface area contributed by atoms with Crippen LogP contribution in [0, 0.1) is 11.3 Å². The van der Waals surface area contributed by atoms with Crippen molar-refractivity contribution in [2.24, 2.45) is 11.3 Å². The number of nitrogens with one attached hydrogen (secondary N) is 1. The molecule has 0 aromatic carbocycles. The smallest absolute Gasteiger partial charge is 0.256 e. The van der Waals surface area contributed by atoms with Gasteiger partial charge in [0.2, 0.25) is 0 Å². The molecule has 2 aliphatic rings. The van der Waals surface area contributed by atoms with Crippen LogP contribution in [0.5, 0.6) is 0 Å². The third-order valence-corrected chi connectivity index (χ3v) is 7.61. The summed E-state index contributed by atoms with van der Waals surface area (Å²) in [7, 11) is -3.06. The zero-order valence-corrected chi connectivity index (χ0v) is 14.4. The van der Waals surface area contributed by atoms with E-state index in [0.717, 1.165) is 0 Å². The average Bonchev–Trinajstić information content (AvgIpc) is 2.60. The maximum absolute atomic E-state index is 13.0. The molecule has 112 valence electrons. The highest BCUT2D eigenvalue weighted by Crippen LogP contribution is 2.65. The Balaban J connectivity index is 2.15. The lowest BCUT2D eigenvalue weighted by atomic mass is 9.97. The molecule has 0 radical (unpaired) electrons. The minimum atomic E-state index is -3.06. The highest BCUT2D eigenvalue weighted by atomic mass is 32.2. The van der Waals surface area contributed by atoms with Gasteiger partial charge < -0.3 is 4.89 Å². The Morgan fingerprint density at radius 2 is 1.74 bits per heavy atom. The molecule has 2 fully saturated rings. The van der Waals surface area contributed by atoms with Gasteiger partial charge in [-0.05, 0) is 19.8 Å². The number of thioether (sulfide) groups is 1. The third-order valence-electron chi connectivity index (χ3n) is 3.51. The van der Waals surface area contributed by atoms with Gasteiger partial charge in [-0.25, -0.2) is 9.05 Å². The maximum atomic E-state index is 13.0. The van der Waals surface area contributed by atoms with Gasteiger partial charge in [-0.1, -0.05) is 27.7 Å². The molecular weight excluding hydrogens is 281 g/mol. The molecule has 0 unspecified atom stereocenters. The molecule has 2 saturated heterocycles. The van der Waals surface area contributed by atoms with Crippen molar-refractivity contribution in [1.82, 2.24) is 5.32 Å². The Labute approximate surface area is 121 Å². The second-order valence-corrected chi connectivity index (χ2v) is 11.1. The first-order chi connectivity index (χ1) is 8.55. The summed E-state index contributed by atoms with van der Waals surface area (Å²) in [5.74, 6) is 0.223. The monoisotopic (exact) mass is 307 g/mol. The molecule has 2 aliphatic heterocycles. The first-order valence-corrected chi connectivity index (χ1v) is 9.38. The Bertz CT molecular complexity index is 339. The van der Waals surface area contributed by atoms with Crippen molar-refractivity contribution in [3.05, 3.63) is 0 Å². The van der Waals surface area contributed by atoms with Gasteiger partial charge in [-0.3, -0.25) is 5.32 Å². The molecule has 0 bridgehead atoms. The van der Waals surface area contributed by atoms with Crippen molar-refractivity contribution < 1.29 is 13.9 Å². The summed E-state index contributed by atoms with van der Waals surface area (Å²) in [6.07, 6.45) is 0. The first-order valence-electron chi connectivity index (χ1n) is 6.89. The molecule has 2 heterocycles. The maximum Gasteiger partial charge on any atom is 0.256 e. The Morgan fingerprint density at radius 3 is 2.21 bits per heavy atom. The third kappa shape index (κ3) is 3.45. The van der Waals surface area contributed by atoms with Crippen LogP contribution in [0.15, 0.2) is 0 Å². The molecule has 1 N–H and O–H groups in total. The SMILES string of the molecule is CC(C)[C@H]1SC(C)(C)N[C@H]1[P+]1([O-])OCC(C)(C)CO1. The largest absolute Gasteiger partial charge is 0.630 e. The number of rotatable bonds is 2. The fourth-order valence-corrected chi connectivity index (χ4v) is 7.11. The molecule has 0 aromatic rings. The van der Waals surface area contributed by atoms with Crippen LogP contribution in [-0.4, -0.2) is 29.1 Å². The molecule has 0 spiro atoms. The van der Waals surface area contributed by atoms with E-state index in [2.05, 4.69) is 46.9 Å². The van der Waals surface area contributed by atoms with Crippen molar-refractivity contribution in [2.45, 2.75) is 57.4 Å². The van der Waals surface area contributed by atoms with Crippen LogP contribution in [0.2, 0.25) is 0 Å². The van der Waals surface area contributed by atoms with Gasteiger partial charge in [0.25, 0.3) is 7.94 Å². The molecule has 0 aliphatic carbocycles. The van der Waals surface area contributed by atoms with Gasteiger partial charge in [0.15, 0.2) is 5.78 Å². The molecule has 2 rings (SSSR count). The summed E-state index contributed by atoms with van der Waals surface area (Å²) in [5.41, 5.74) is -0.0531. The summed E-state index contributed by atoms with van der Waals surface area (Å²) in [5, 5.41) is 3.70. The lowest BCUT2D eigenvalue weighted by Gasteiger charge is -2.42. The normalized spacial score (nSPS) is 36.6. The fourth-order valence-electron chi connectivity index (χ4n) is 2.41. The summed E-state index contributed by atoms with van der Waals surface area (Å²) >= 11 is 1.83. The molecule has 6 heteroatoms. The Morgan fingerprint density at radius 1 is 1.21 bits per heavy atom. The van der Waals surface area contributed by atoms with Crippen LogP contribution in [0.25, 0.3) is 0 Å². The van der Waals surface area contributed by atoms with Gasteiger partial charge in [-0.2, -0.15) is 0 Å². The van der Waals surface area contributed by atoms with E-state index >= 15 is 0 Å². The quantitative estimate of drug-likeness (QED) is 0.795. The van der Waals surface area contributed by atoms with Crippen molar-refractivity contribution in [1.29, 1.82) is 0 Å². The molecule has 0 saturated carbocycles. The minimum absolute atomic E-state index is 0.0531. The van der Waals surface area contributed by atoms with E-state index in [9.17, 15) is 4.89 Å². The Hall–Kier alpha value is 0.620. The first kappa shape index (κ1) is 16.0. The second-order valence-electron chi connectivity index (χ2n) is 7.18. The minimum Gasteiger partial charge on any atom is -0.630 e. The van der Waals surface area contributed by atoms with Crippen LogP contribution in [0.1, 0.15) is 41.5 Å². The van der Waals surface area contributed by atoms with E-state index in [1.807, 2.05) is 11.8 Å². The highest BCUT2D eigenvalue weighted by Gasteiger charge is 2.57. The zero-order valence-electron chi connectivity index (χ0n) is 12.7. The van der Waals surface area contributed by atoms with Gasteiger partial charge in [-0.15, -0.1) is 11.8 Å². The van der Waals surface area contributed by atoms with E-state index in [-0.39, 0.29) is 21.3 Å². The summed E-state index contributed by atoms with van der Waals surface area (Å²) in [6.45, 7) is 13.7. The molecule has 0 aromatic heterocycles. The summed E-state index contributed by atoms with van der Waals surface area (Å²) < 4.78 is 11.4. The topological polar surface area (TPSA) is 53.5 Å². The standard InChI is InChI=1S/C13H26NO3PS/c1-9(2)10-11(14-13(5,6)19-10)18(15)16-7-12(3,4)8-17-18/h9-11,14H,7-8H2,1-6H3/t10-,11+/m1/s1. The van der Waals surface area contributed by atoms with Crippen LogP contribution in [0.3, 0.4) is 0 Å². The van der Waals surface area contributed by atoms with Gasteiger partial charge in [0.05, 0.1) is 10.1 Å². The molecule has 2 atom stereocenters. The predicted octanol–water partition coefficient (Wildman–Crippen LogP) is 2.61. The van der Waals surface area contributed by atoms with Crippen molar-refractivity contribution in [3.63, 3.8) is 0 Å². The van der Waals surface area contributed by atoms with Crippen molar-refractivity contribution >= 4 is 19.7 Å². The molecule has 4 nitrogen and oxygen atoms in total. The molecule has 0 amide bonds. The van der Waals surface area contributed by atoms with E-state index < -0.39 is 7.94 Å². The lowest BCUT2D eigenvalue weighted by molar-refractivity contribution is -0.237. The lowest BCUT2D eigenvalue weighted by Crippen LogP contribution is -2.48. The van der Waals surface area contributed by atoms with Gasteiger partial charge >= 0.3 is 0 Å². The highest BCUT2D eigenvalue weighted by molar-refractivity contribution is 8.01. The van der Waals surface area contributed by atoms with Gasteiger partial charge in [0, 0.05) is 5.41 Å². The van der Waals surface area contributed by atoms with Crippen LogP contribution >= 0.6 is 19.7 Å². The van der Waals surface area contributed by atoms with Crippen LogP contribution in [0.4, 0.5) is 0 Å². The van der Waals surface area contributed by atoms with Gasteiger partial charge in [0.1, 0.15) is 13.2 Å². The molecular formula is C13H26NO3PS. The Kier molecular flexibility index (Phi) is 4.31. The van der Waals surface area contributed by atoms with E-state index in [1.54, 1.807) is 0 Å². The van der Waals surface area contributed by atoms with E-state index in [4.69, 9.17) is 9.05 Å². The second kappa shape index (κ2) is 5.11.